The van der Waals surface area contributed by atoms with E-state index in [1.54, 1.807) is 0 Å². The minimum atomic E-state index is 0.349. The van der Waals surface area contributed by atoms with Gasteiger partial charge in [0.2, 0.25) is 5.91 Å². The van der Waals surface area contributed by atoms with E-state index in [1.165, 1.54) is 13.1 Å². The van der Waals surface area contributed by atoms with Crippen molar-refractivity contribution in [2.45, 2.75) is 40.2 Å². The molecule has 0 spiro atoms. The zero-order valence-electron chi connectivity index (χ0n) is 13.6. The Morgan fingerprint density at radius 3 is 2.15 bits per heavy atom. The Kier molecular flexibility index (Phi) is 5.44. The van der Waals surface area contributed by atoms with E-state index in [9.17, 15) is 4.79 Å². The van der Waals surface area contributed by atoms with Crippen molar-refractivity contribution in [2.24, 2.45) is 11.8 Å². The standard InChI is InChI=1S/C16H31N3O/c1-13(2)15-11-17(12-15)6-5-16(20)19-9-7-18(8-10-19)14(3)4/h13-15H,5-12H2,1-4H3. The molecule has 0 saturated carbocycles. The number of likely N-dealkylation sites (tertiary alicyclic amines) is 1. The number of nitrogens with zero attached hydrogens (tertiary/aromatic N) is 3. The highest BCUT2D eigenvalue weighted by atomic mass is 16.2. The summed E-state index contributed by atoms with van der Waals surface area (Å²) in [6, 6.07) is 0.598. The Hall–Kier alpha value is -0.610. The lowest BCUT2D eigenvalue weighted by molar-refractivity contribution is -0.134. The van der Waals surface area contributed by atoms with Gasteiger partial charge in [-0.2, -0.15) is 0 Å². The highest BCUT2D eigenvalue weighted by molar-refractivity contribution is 5.76. The van der Waals surface area contributed by atoms with E-state index >= 15 is 0 Å². The molecule has 0 aromatic heterocycles. The molecule has 4 nitrogen and oxygen atoms in total. The van der Waals surface area contributed by atoms with Crippen molar-refractivity contribution >= 4 is 5.91 Å². The summed E-state index contributed by atoms with van der Waals surface area (Å²) in [6.45, 7) is 16.2. The number of carbonyl (C=O) groups excluding carboxylic acids is 1. The van der Waals surface area contributed by atoms with Crippen LogP contribution < -0.4 is 0 Å². The average molecular weight is 281 g/mol. The third kappa shape index (κ3) is 3.95. The Labute approximate surface area is 124 Å². The molecule has 0 aliphatic carbocycles. The molecule has 0 N–H and O–H groups in total. The van der Waals surface area contributed by atoms with Crippen LogP contribution in [0.5, 0.6) is 0 Å². The van der Waals surface area contributed by atoms with Crippen LogP contribution in [0.1, 0.15) is 34.1 Å². The Morgan fingerprint density at radius 1 is 1.05 bits per heavy atom. The first kappa shape index (κ1) is 15.8. The highest BCUT2D eigenvalue weighted by Crippen LogP contribution is 2.23. The maximum absolute atomic E-state index is 12.2. The summed E-state index contributed by atoms with van der Waals surface area (Å²) in [5.74, 6) is 1.98. The van der Waals surface area contributed by atoms with Gasteiger partial charge < -0.3 is 9.80 Å². The van der Waals surface area contributed by atoms with Crippen LogP contribution in [0, 0.1) is 11.8 Å². The fraction of sp³-hybridized carbons (Fsp3) is 0.938. The van der Waals surface area contributed by atoms with Crippen LogP contribution in [0.4, 0.5) is 0 Å². The van der Waals surface area contributed by atoms with Crippen molar-refractivity contribution in [3.05, 3.63) is 0 Å². The summed E-state index contributed by atoms with van der Waals surface area (Å²) in [7, 11) is 0. The van der Waals surface area contributed by atoms with E-state index in [4.69, 9.17) is 0 Å². The van der Waals surface area contributed by atoms with Gasteiger partial charge in [0.1, 0.15) is 0 Å². The molecule has 0 bridgehead atoms. The van der Waals surface area contributed by atoms with Crippen molar-refractivity contribution in [2.75, 3.05) is 45.8 Å². The third-order valence-electron chi connectivity index (χ3n) is 4.97. The SMILES string of the molecule is CC(C)C1CN(CCC(=O)N2CCN(C(C)C)CC2)C1. The zero-order chi connectivity index (χ0) is 14.7. The van der Waals surface area contributed by atoms with Gasteiger partial charge >= 0.3 is 0 Å². The van der Waals surface area contributed by atoms with Crippen LogP contribution in [0.2, 0.25) is 0 Å². The number of hydrogen-bond donors (Lipinski definition) is 0. The van der Waals surface area contributed by atoms with Gasteiger partial charge in [0.05, 0.1) is 0 Å². The Morgan fingerprint density at radius 2 is 1.65 bits per heavy atom. The summed E-state index contributed by atoms with van der Waals surface area (Å²) in [4.78, 5) is 19.1. The number of piperazine rings is 1. The lowest BCUT2D eigenvalue weighted by Crippen LogP contribution is -2.52. The molecule has 2 saturated heterocycles. The van der Waals surface area contributed by atoms with Crippen LogP contribution in [-0.4, -0.2) is 72.5 Å². The smallest absolute Gasteiger partial charge is 0.223 e. The maximum Gasteiger partial charge on any atom is 0.223 e. The molecular formula is C16H31N3O. The second-order valence-corrected chi connectivity index (χ2v) is 7.02. The minimum Gasteiger partial charge on any atom is -0.340 e. The molecule has 1 amide bonds. The van der Waals surface area contributed by atoms with Crippen molar-refractivity contribution in [3.8, 4) is 0 Å². The molecule has 0 radical (unpaired) electrons. The van der Waals surface area contributed by atoms with Crippen molar-refractivity contribution in [3.63, 3.8) is 0 Å². The molecule has 2 fully saturated rings. The minimum absolute atomic E-state index is 0.349. The van der Waals surface area contributed by atoms with E-state index in [-0.39, 0.29) is 0 Å². The first-order valence-corrected chi connectivity index (χ1v) is 8.21. The van der Waals surface area contributed by atoms with Gasteiger partial charge in [0, 0.05) is 58.3 Å². The summed E-state index contributed by atoms with van der Waals surface area (Å²) in [6.07, 6.45) is 0.701. The van der Waals surface area contributed by atoms with Gasteiger partial charge in [0.25, 0.3) is 0 Å². The monoisotopic (exact) mass is 281 g/mol. The molecule has 4 heteroatoms. The first-order valence-electron chi connectivity index (χ1n) is 8.21. The van der Waals surface area contributed by atoms with Gasteiger partial charge in [-0.25, -0.2) is 0 Å². The fourth-order valence-electron chi connectivity index (χ4n) is 3.11. The molecule has 0 unspecified atom stereocenters. The van der Waals surface area contributed by atoms with Crippen LogP contribution in [0.3, 0.4) is 0 Å². The average Bonchev–Trinajstić information content (AvgIpc) is 2.36. The second kappa shape index (κ2) is 6.90. The molecule has 116 valence electrons. The summed E-state index contributed by atoms with van der Waals surface area (Å²) in [5, 5.41) is 0. The number of carbonyl (C=O) groups is 1. The summed E-state index contributed by atoms with van der Waals surface area (Å²) >= 11 is 0. The molecule has 2 aliphatic heterocycles. The van der Waals surface area contributed by atoms with Crippen LogP contribution >= 0.6 is 0 Å². The fourth-order valence-corrected chi connectivity index (χ4v) is 3.11. The predicted octanol–water partition coefficient (Wildman–Crippen LogP) is 1.52. The quantitative estimate of drug-likeness (QED) is 0.764. The van der Waals surface area contributed by atoms with E-state index in [2.05, 4.69) is 42.4 Å². The van der Waals surface area contributed by atoms with Gasteiger partial charge in [-0.05, 0) is 25.7 Å². The second-order valence-electron chi connectivity index (χ2n) is 7.02. The molecule has 0 aromatic carbocycles. The molecule has 0 atom stereocenters. The normalized spacial score (nSPS) is 22.6. The first-order chi connectivity index (χ1) is 9.47. The predicted molar refractivity (Wildman–Crippen MR) is 82.7 cm³/mol. The Bertz CT molecular complexity index is 316. The molecule has 20 heavy (non-hydrogen) atoms. The lowest BCUT2D eigenvalue weighted by atomic mass is 9.88. The zero-order valence-corrected chi connectivity index (χ0v) is 13.6. The topological polar surface area (TPSA) is 26.8 Å². The highest BCUT2D eigenvalue weighted by Gasteiger charge is 2.29. The van der Waals surface area contributed by atoms with Crippen LogP contribution in [-0.2, 0) is 4.79 Å². The molecular weight excluding hydrogens is 250 g/mol. The molecule has 0 aromatic rings. The van der Waals surface area contributed by atoms with E-state index in [0.29, 0.717) is 18.4 Å². The van der Waals surface area contributed by atoms with E-state index in [0.717, 1.165) is 44.6 Å². The number of rotatable bonds is 5. The van der Waals surface area contributed by atoms with Crippen molar-refractivity contribution in [1.82, 2.24) is 14.7 Å². The van der Waals surface area contributed by atoms with Gasteiger partial charge in [-0.15, -0.1) is 0 Å². The van der Waals surface area contributed by atoms with Crippen LogP contribution in [0.25, 0.3) is 0 Å². The van der Waals surface area contributed by atoms with Gasteiger partial charge in [-0.1, -0.05) is 13.8 Å². The van der Waals surface area contributed by atoms with E-state index in [1.807, 2.05) is 0 Å². The number of amides is 1. The largest absolute Gasteiger partial charge is 0.340 e. The van der Waals surface area contributed by atoms with Crippen LogP contribution in [0.15, 0.2) is 0 Å². The maximum atomic E-state index is 12.2. The lowest BCUT2D eigenvalue weighted by Gasteiger charge is -2.42. The Balaban J connectivity index is 1.62. The number of hydrogen-bond acceptors (Lipinski definition) is 3. The van der Waals surface area contributed by atoms with Crippen molar-refractivity contribution in [1.29, 1.82) is 0 Å². The van der Waals surface area contributed by atoms with Gasteiger partial charge in [0.15, 0.2) is 0 Å². The van der Waals surface area contributed by atoms with E-state index < -0.39 is 0 Å². The summed E-state index contributed by atoms with van der Waals surface area (Å²) in [5.41, 5.74) is 0. The molecule has 2 heterocycles. The molecule has 2 aliphatic rings. The van der Waals surface area contributed by atoms with Crippen molar-refractivity contribution < 1.29 is 4.79 Å². The summed E-state index contributed by atoms with van der Waals surface area (Å²) < 4.78 is 0. The molecule has 2 rings (SSSR count). The van der Waals surface area contributed by atoms with Gasteiger partial charge in [-0.3, -0.25) is 9.69 Å². The third-order valence-corrected chi connectivity index (χ3v) is 4.97.